The zero-order valence-corrected chi connectivity index (χ0v) is 17.6. The fourth-order valence-electron chi connectivity index (χ4n) is 3.06. The van der Waals surface area contributed by atoms with Gasteiger partial charge in [-0.25, -0.2) is 10.3 Å². The van der Waals surface area contributed by atoms with Crippen LogP contribution in [0.3, 0.4) is 0 Å². The molecular formula is C22H34N2O5. The second kappa shape index (κ2) is 13.7. The average molecular weight is 407 g/mol. The van der Waals surface area contributed by atoms with Gasteiger partial charge >= 0.3 is 5.97 Å². The summed E-state index contributed by atoms with van der Waals surface area (Å²) in [6.07, 6.45) is 4.25. The Morgan fingerprint density at radius 2 is 1.76 bits per heavy atom. The van der Waals surface area contributed by atoms with Gasteiger partial charge in [-0.05, 0) is 25.8 Å². The van der Waals surface area contributed by atoms with Gasteiger partial charge in [-0.15, -0.1) is 0 Å². The number of carbonyl (C=O) groups is 3. The maximum Gasteiger partial charge on any atom is 0.329 e. The average Bonchev–Trinajstić information content (AvgIpc) is 2.69. The lowest BCUT2D eigenvalue weighted by Gasteiger charge is -2.22. The molecule has 1 rings (SSSR count). The molecular weight excluding hydrogens is 372 g/mol. The molecule has 0 radical (unpaired) electrons. The van der Waals surface area contributed by atoms with Crippen LogP contribution in [0.1, 0.15) is 64.9 Å². The number of amides is 2. The van der Waals surface area contributed by atoms with E-state index in [1.807, 2.05) is 30.3 Å². The van der Waals surface area contributed by atoms with Crippen molar-refractivity contribution in [3.05, 3.63) is 35.9 Å². The Hall–Kier alpha value is -2.41. The van der Waals surface area contributed by atoms with Gasteiger partial charge in [0.25, 0.3) is 0 Å². The van der Waals surface area contributed by atoms with E-state index in [1.54, 1.807) is 19.3 Å². The Morgan fingerprint density at radius 1 is 1.07 bits per heavy atom. The molecule has 0 aromatic heterocycles. The summed E-state index contributed by atoms with van der Waals surface area (Å²) in [4.78, 5) is 37.0. The van der Waals surface area contributed by atoms with E-state index in [4.69, 9.17) is 9.94 Å². The number of nitrogens with one attached hydrogen (secondary N) is 2. The first kappa shape index (κ1) is 24.6. The molecule has 162 valence electrons. The Bertz CT molecular complexity index is 633. The third-order valence-electron chi connectivity index (χ3n) is 4.57. The van der Waals surface area contributed by atoms with Gasteiger partial charge in [-0.1, -0.05) is 62.9 Å². The molecule has 29 heavy (non-hydrogen) atoms. The van der Waals surface area contributed by atoms with Crippen LogP contribution in [0.15, 0.2) is 30.3 Å². The zero-order chi connectivity index (χ0) is 21.6. The summed E-state index contributed by atoms with van der Waals surface area (Å²) in [6.45, 7) is 5.60. The van der Waals surface area contributed by atoms with Gasteiger partial charge in [-0.2, -0.15) is 0 Å². The number of hydrogen-bond donors (Lipinski definition) is 3. The van der Waals surface area contributed by atoms with Crippen molar-refractivity contribution in [2.45, 2.75) is 77.9 Å². The number of esters is 1. The summed E-state index contributed by atoms with van der Waals surface area (Å²) in [6, 6.07) is 8.52. The van der Waals surface area contributed by atoms with Crippen LogP contribution in [0.5, 0.6) is 0 Å². The van der Waals surface area contributed by atoms with E-state index in [0.717, 1.165) is 31.2 Å². The molecule has 1 aromatic carbocycles. The zero-order valence-electron chi connectivity index (χ0n) is 17.6. The molecule has 0 aliphatic heterocycles. The fourth-order valence-corrected chi connectivity index (χ4v) is 3.06. The van der Waals surface area contributed by atoms with Crippen molar-refractivity contribution in [1.29, 1.82) is 0 Å². The van der Waals surface area contributed by atoms with E-state index in [-0.39, 0.29) is 18.4 Å². The van der Waals surface area contributed by atoms with Gasteiger partial charge in [0, 0.05) is 18.8 Å². The Morgan fingerprint density at radius 3 is 2.34 bits per heavy atom. The maximum atomic E-state index is 12.9. The van der Waals surface area contributed by atoms with Crippen molar-refractivity contribution in [1.82, 2.24) is 10.8 Å². The minimum Gasteiger partial charge on any atom is -0.461 e. The number of benzene rings is 1. The lowest BCUT2D eigenvalue weighted by atomic mass is 9.95. The number of ether oxygens (including phenoxy) is 1. The Balaban J connectivity index is 2.87. The summed E-state index contributed by atoms with van der Waals surface area (Å²) in [5.74, 6) is -2.13. The van der Waals surface area contributed by atoms with Gasteiger partial charge < -0.3 is 10.1 Å². The van der Waals surface area contributed by atoms with E-state index in [1.165, 1.54) is 0 Å². The number of rotatable bonds is 13. The van der Waals surface area contributed by atoms with Crippen molar-refractivity contribution >= 4 is 17.8 Å². The third kappa shape index (κ3) is 10.1. The van der Waals surface area contributed by atoms with Gasteiger partial charge in [0.1, 0.15) is 6.04 Å². The predicted molar refractivity (Wildman–Crippen MR) is 110 cm³/mol. The topological polar surface area (TPSA) is 105 Å². The second-order valence-electron chi connectivity index (χ2n) is 7.52. The molecule has 0 aliphatic carbocycles. The van der Waals surface area contributed by atoms with Crippen LogP contribution in [-0.2, 0) is 25.5 Å². The van der Waals surface area contributed by atoms with Gasteiger partial charge in [0.05, 0.1) is 6.10 Å². The molecule has 0 spiro atoms. The van der Waals surface area contributed by atoms with Crippen LogP contribution >= 0.6 is 0 Å². The molecule has 7 heteroatoms. The van der Waals surface area contributed by atoms with Gasteiger partial charge in [-0.3, -0.25) is 14.8 Å². The lowest BCUT2D eigenvalue weighted by Crippen LogP contribution is -2.47. The van der Waals surface area contributed by atoms with Crippen molar-refractivity contribution in [2.75, 3.05) is 0 Å². The van der Waals surface area contributed by atoms with E-state index in [0.29, 0.717) is 12.8 Å². The van der Waals surface area contributed by atoms with E-state index < -0.39 is 23.8 Å². The molecule has 1 aromatic rings. The standard InChI is InChI=1S/C22H34N2O5/c1-4-5-6-10-13-18(15-20(25)24-28)21(26)23-19(22(27)29-16(2)3)14-17-11-8-7-9-12-17/h7-9,11-12,16,18-19,28H,4-6,10,13-15H2,1-3H3,(H,23,26)(H,24,25). The smallest absolute Gasteiger partial charge is 0.329 e. The molecule has 2 unspecified atom stereocenters. The Labute approximate surface area is 173 Å². The SMILES string of the molecule is CCCCCCC(CC(=O)NO)C(=O)NC(Cc1ccccc1)C(=O)OC(C)C. The second-order valence-corrected chi connectivity index (χ2v) is 7.52. The van der Waals surface area contributed by atoms with Crippen LogP contribution < -0.4 is 10.8 Å². The lowest BCUT2D eigenvalue weighted by molar-refractivity contribution is -0.152. The van der Waals surface area contributed by atoms with Gasteiger partial charge in [0.15, 0.2) is 0 Å². The molecule has 0 heterocycles. The van der Waals surface area contributed by atoms with Crippen molar-refractivity contribution < 1.29 is 24.3 Å². The largest absolute Gasteiger partial charge is 0.461 e. The predicted octanol–water partition coefficient (Wildman–Crippen LogP) is 3.15. The van der Waals surface area contributed by atoms with Crippen LogP contribution in [0.25, 0.3) is 0 Å². The highest BCUT2D eigenvalue weighted by Crippen LogP contribution is 2.16. The summed E-state index contributed by atoms with van der Waals surface area (Å²) >= 11 is 0. The highest BCUT2D eigenvalue weighted by Gasteiger charge is 2.28. The first-order valence-corrected chi connectivity index (χ1v) is 10.3. The number of carbonyl (C=O) groups excluding carboxylic acids is 3. The fraction of sp³-hybridized carbons (Fsp3) is 0.591. The normalized spacial score (nSPS) is 12.9. The number of hydroxylamine groups is 1. The molecule has 0 fully saturated rings. The summed E-state index contributed by atoms with van der Waals surface area (Å²) in [7, 11) is 0. The molecule has 0 saturated carbocycles. The highest BCUT2D eigenvalue weighted by molar-refractivity contribution is 5.89. The van der Waals surface area contributed by atoms with Crippen LogP contribution in [-0.4, -0.2) is 35.1 Å². The minimum absolute atomic E-state index is 0.133. The van der Waals surface area contributed by atoms with E-state index >= 15 is 0 Å². The number of hydrogen-bond acceptors (Lipinski definition) is 5. The number of unbranched alkanes of at least 4 members (excludes halogenated alkanes) is 3. The maximum absolute atomic E-state index is 12.9. The molecule has 2 atom stereocenters. The van der Waals surface area contributed by atoms with E-state index in [2.05, 4.69) is 12.2 Å². The molecule has 2 amide bonds. The van der Waals surface area contributed by atoms with E-state index in [9.17, 15) is 14.4 Å². The molecule has 3 N–H and O–H groups in total. The van der Waals surface area contributed by atoms with Gasteiger partial charge in [0.2, 0.25) is 11.8 Å². The van der Waals surface area contributed by atoms with Crippen LogP contribution in [0.4, 0.5) is 0 Å². The Kier molecular flexibility index (Phi) is 11.6. The molecule has 0 bridgehead atoms. The highest BCUT2D eigenvalue weighted by atomic mass is 16.5. The third-order valence-corrected chi connectivity index (χ3v) is 4.57. The first-order chi connectivity index (χ1) is 13.9. The molecule has 0 aliphatic rings. The minimum atomic E-state index is -0.845. The van der Waals surface area contributed by atoms with Crippen molar-refractivity contribution in [2.24, 2.45) is 5.92 Å². The van der Waals surface area contributed by atoms with Crippen LogP contribution in [0, 0.1) is 5.92 Å². The van der Waals surface area contributed by atoms with Crippen molar-refractivity contribution in [3.8, 4) is 0 Å². The summed E-state index contributed by atoms with van der Waals surface area (Å²) in [5, 5.41) is 11.6. The monoisotopic (exact) mass is 406 g/mol. The summed E-state index contributed by atoms with van der Waals surface area (Å²) < 4.78 is 5.31. The molecule has 7 nitrogen and oxygen atoms in total. The molecule has 0 saturated heterocycles. The van der Waals surface area contributed by atoms with Crippen LogP contribution in [0.2, 0.25) is 0 Å². The first-order valence-electron chi connectivity index (χ1n) is 10.3. The van der Waals surface area contributed by atoms with Crippen molar-refractivity contribution in [3.63, 3.8) is 0 Å². The summed E-state index contributed by atoms with van der Waals surface area (Å²) in [5.41, 5.74) is 2.48. The quantitative estimate of drug-likeness (QED) is 0.202.